The molecule has 13 nitrogen and oxygen atoms in total. The molecule has 39 heavy (non-hydrogen) atoms. The van der Waals surface area contributed by atoms with Crippen LogP contribution in [0.2, 0.25) is 0 Å². The first kappa shape index (κ1) is 27.6. The van der Waals surface area contributed by atoms with Crippen LogP contribution in [-0.4, -0.2) is 37.6 Å². The summed E-state index contributed by atoms with van der Waals surface area (Å²) >= 11 is 0. The molecule has 0 radical (unpaired) electrons. The molecular formula is C25H22NO12P. The average molecular weight is 559 g/mol. The number of furan rings is 1. The molecule has 0 N–H and O–H groups in total. The van der Waals surface area contributed by atoms with Crippen LogP contribution in [0.3, 0.4) is 0 Å². The highest BCUT2D eigenvalue weighted by atomic mass is 31.2. The van der Waals surface area contributed by atoms with Crippen molar-refractivity contribution in [1.29, 1.82) is 0 Å². The van der Waals surface area contributed by atoms with Crippen molar-refractivity contribution in [3.63, 3.8) is 0 Å². The molecule has 4 rings (SSSR count). The number of carbonyl (C=O) groups excluding carboxylic acids is 3. The minimum Gasteiger partial charge on any atom is -0.447 e. The minimum atomic E-state index is -4.39. The second-order valence-corrected chi connectivity index (χ2v) is 9.60. The maximum absolute atomic E-state index is 13.5. The summed E-state index contributed by atoms with van der Waals surface area (Å²) in [5, 5.41) is 3.57. The molecule has 1 aromatic heterocycles. The molecule has 0 unspecified atom stereocenters. The standard InChI is InChI=1S/C25H22NO12P/c27-22-13-20(26-38-22)21-11-12-23(37-21)39(30,35-16-33-24(28)31-14-18-7-3-1-4-8-18)36-17-34-25(29)32-15-19-9-5-2-6-10-19/h1-12H,13-17H2. The lowest BCUT2D eigenvalue weighted by Gasteiger charge is -2.16. The first-order valence-corrected chi connectivity index (χ1v) is 12.9. The molecule has 0 aliphatic carbocycles. The zero-order valence-corrected chi connectivity index (χ0v) is 21.2. The van der Waals surface area contributed by atoms with Gasteiger partial charge in [-0.2, -0.15) is 0 Å². The van der Waals surface area contributed by atoms with Crippen LogP contribution in [0, 0.1) is 0 Å². The molecule has 204 valence electrons. The third-order valence-electron chi connectivity index (χ3n) is 4.91. The summed E-state index contributed by atoms with van der Waals surface area (Å²) in [6, 6.07) is 20.3. The molecule has 0 spiro atoms. The summed E-state index contributed by atoms with van der Waals surface area (Å²) in [6.07, 6.45) is -2.35. The Bertz CT molecular complexity index is 1290. The van der Waals surface area contributed by atoms with Crippen LogP contribution >= 0.6 is 7.60 Å². The Kier molecular flexibility index (Phi) is 9.46. The van der Waals surface area contributed by atoms with Gasteiger partial charge < -0.3 is 28.2 Å². The topological polar surface area (TPSA) is 158 Å². The fourth-order valence-corrected chi connectivity index (χ4v) is 4.22. The summed E-state index contributed by atoms with van der Waals surface area (Å²) in [7, 11) is -4.39. The van der Waals surface area contributed by atoms with Crippen LogP contribution in [0.5, 0.6) is 0 Å². The highest BCUT2D eigenvalue weighted by Crippen LogP contribution is 2.47. The summed E-state index contributed by atoms with van der Waals surface area (Å²) in [5.74, 6) is -0.530. The van der Waals surface area contributed by atoms with Gasteiger partial charge in [0.25, 0.3) is 0 Å². The Balaban J connectivity index is 1.33. The molecule has 14 heteroatoms. The maximum atomic E-state index is 13.5. The Morgan fingerprint density at radius 3 is 1.79 bits per heavy atom. The first-order valence-electron chi connectivity index (χ1n) is 11.3. The van der Waals surface area contributed by atoms with Crippen molar-refractivity contribution in [2.24, 2.45) is 5.16 Å². The van der Waals surface area contributed by atoms with Crippen molar-refractivity contribution in [1.82, 2.24) is 0 Å². The molecule has 0 saturated carbocycles. The molecule has 3 aromatic rings. The van der Waals surface area contributed by atoms with Crippen LogP contribution in [0.4, 0.5) is 9.59 Å². The van der Waals surface area contributed by atoms with E-state index in [1.165, 1.54) is 12.1 Å². The van der Waals surface area contributed by atoms with E-state index < -0.39 is 39.5 Å². The Hall–Kier alpha value is -4.45. The van der Waals surface area contributed by atoms with Gasteiger partial charge in [-0.15, -0.1) is 0 Å². The van der Waals surface area contributed by atoms with Crippen molar-refractivity contribution in [2.45, 2.75) is 19.6 Å². The van der Waals surface area contributed by atoms with Crippen LogP contribution in [-0.2, 0) is 55.4 Å². The van der Waals surface area contributed by atoms with E-state index in [1.54, 1.807) is 48.5 Å². The monoisotopic (exact) mass is 559 g/mol. The van der Waals surface area contributed by atoms with E-state index in [0.29, 0.717) is 0 Å². The maximum Gasteiger partial charge on any atom is 0.510 e. The highest BCUT2D eigenvalue weighted by Gasteiger charge is 2.35. The van der Waals surface area contributed by atoms with Gasteiger partial charge in [-0.05, 0) is 23.3 Å². The fraction of sp³-hybridized carbons (Fsp3) is 0.200. The van der Waals surface area contributed by atoms with Gasteiger partial charge in [-0.3, -0.25) is 13.6 Å². The second kappa shape index (κ2) is 13.4. The number of oxime groups is 1. The summed E-state index contributed by atoms with van der Waals surface area (Å²) < 4.78 is 48.9. The first-order chi connectivity index (χ1) is 18.9. The van der Waals surface area contributed by atoms with E-state index in [-0.39, 0.29) is 36.6 Å². The predicted octanol–water partition coefficient (Wildman–Crippen LogP) is 4.40. The third-order valence-corrected chi connectivity index (χ3v) is 6.58. The lowest BCUT2D eigenvalue weighted by molar-refractivity contribution is -0.140. The lowest BCUT2D eigenvalue weighted by atomic mass is 10.2. The number of ether oxygens (including phenoxy) is 4. The largest absolute Gasteiger partial charge is 0.510 e. The Morgan fingerprint density at radius 2 is 1.31 bits per heavy atom. The van der Waals surface area contributed by atoms with E-state index in [0.717, 1.165) is 11.1 Å². The zero-order valence-electron chi connectivity index (χ0n) is 20.3. The van der Waals surface area contributed by atoms with Crippen molar-refractivity contribution in [3.05, 3.63) is 89.7 Å². The van der Waals surface area contributed by atoms with Crippen molar-refractivity contribution < 1.29 is 56.2 Å². The van der Waals surface area contributed by atoms with Crippen LogP contribution in [0.25, 0.3) is 0 Å². The van der Waals surface area contributed by atoms with Crippen molar-refractivity contribution in [2.75, 3.05) is 13.6 Å². The smallest absolute Gasteiger partial charge is 0.447 e. The zero-order chi connectivity index (χ0) is 27.5. The second-order valence-electron chi connectivity index (χ2n) is 7.64. The van der Waals surface area contributed by atoms with Crippen LogP contribution in [0.1, 0.15) is 23.3 Å². The molecule has 0 amide bonds. The van der Waals surface area contributed by atoms with Crippen LogP contribution in [0.15, 0.2) is 82.4 Å². The van der Waals surface area contributed by atoms with Gasteiger partial charge in [0.15, 0.2) is 5.76 Å². The van der Waals surface area contributed by atoms with Crippen molar-refractivity contribution >= 4 is 37.1 Å². The van der Waals surface area contributed by atoms with E-state index in [4.69, 9.17) is 32.4 Å². The average Bonchev–Trinajstić information content (AvgIpc) is 3.62. The van der Waals surface area contributed by atoms with Gasteiger partial charge in [0, 0.05) is 0 Å². The predicted molar refractivity (Wildman–Crippen MR) is 131 cm³/mol. The van der Waals surface area contributed by atoms with E-state index in [2.05, 4.69) is 9.99 Å². The Morgan fingerprint density at radius 1 is 0.769 bits per heavy atom. The number of hydrogen-bond donors (Lipinski definition) is 0. The van der Waals surface area contributed by atoms with Gasteiger partial charge in [0.1, 0.15) is 18.9 Å². The quantitative estimate of drug-likeness (QED) is 0.133. The number of hydrogen-bond acceptors (Lipinski definition) is 13. The Labute approximate surface area is 221 Å². The van der Waals surface area contributed by atoms with Gasteiger partial charge >= 0.3 is 25.9 Å². The molecule has 2 heterocycles. The molecule has 0 atom stereocenters. The van der Waals surface area contributed by atoms with Gasteiger partial charge in [0.05, 0.1) is 6.42 Å². The molecule has 0 fully saturated rings. The summed E-state index contributed by atoms with van der Waals surface area (Å²) in [6.45, 7) is -1.84. The van der Waals surface area contributed by atoms with Crippen molar-refractivity contribution in [3.8, 4) is 0 Å². The molecule has 1 aliphatic heterocycles. The SMILES string of the molecule is O=C1CC(c2ccc(P(=O)(OCOC(=O)OCc3ccccc3)OCOC(=O)OCc3ccccc3)o2)=NO1. The van der Waals surface area contributed by atoms with E-state index >= 15 is 0 Å². The number of carbonyl (C=O) groups is 3. The number of rotatable bonds is 12. The molecule has 0 bridgehead atoms. The normalized spacial score (nSPS) is 12.8. The van der Waals surface area contributed by atoms with Gasteiger partial charge in [0.2, 0.25) is 19.1 Å². The third kappa shape index (κ3) is 8.27. The van der Waals surface area contributed by atoms with E-state index in [9.17, 15) is 18.9 Å². The molecule has 1 aliphatic rings. The van der Waals surface area contributed by atoms with E-state index in [1.807, 2.05) is 12.1 Å². The summed E-state index contributed by atoms with van der Waals surface area (Å²) in [5.41, 5.74) is 1.25. The van der Waals surface area contributed by atoms with Crippen LogP contribution < -0.4 is 5.50 Å². The van der Waals surface area contributed by atoms with Gasteiger partial charge in [-0.1, -0.05) is 65.8 Å². The summed E-state index contributed by atoms with van der Waals surface area (Å²) in [4.78, 5) is 39.7. The number of nitrogens with zero attached hydrogens (tertiary/aromatic N) is 1. The molecule has 2 aromatic carbocycles. The fourth-order valence-electron chi connectivity index (χ4n) is 3.04. The minimum absolute atomic E-state index is 0.0583. The van der Waals surface area contributed by atoms with Gasteiger partial charge in [-0.25, -0.2) is 14.4 Å². The highest BCUT2D eigenvalue weighted by molar-refractivity contribution is 7.61. The number of benzene rings is 2. The lowest BCUT2D eigenvalue weighted by Crippen LogP contribution is -2.16. The molecular weight excluding hydrogens is 537 g/mol. The molecule has 0 saturated heterocycles.